The van der Waals surface area contributed by atoms with Crippen molar-refractivity contribution >= 4 is 39.6 Å². The van der Waals surface area contributed by atoms with Crippen LogP contribution in [0.4, 0.5) is 10.5 Å². The van der Waals surface area contributed by atoms with Gasteiger partial charge in [-0.15, -0.1) is 0 Å². The number of alkyl carbamates (subject to hydrolysis) is 1. The topological polar surface area (TPSA) is 93.7 Å². The van der Waals surface area contributed by atoms with Gasteiger partial charge in [-0.1, -0.05) is 15.9 Å². The van der Waals surface area contributed by atoms with Crippen molar-refractivity contribution in [1.82, 2.24) is 5.32 Å². The molecule has 0 bridgehead atoms. The maximum atomic E-state index is 11.8. The molecule has 0 aliphatic rings. The highest BCUT2D eigenvalue weighted by Crippen LogP contribution is 2.19. The summed E-state index contributed by atoms with van der Waals surface area (Å²) in [6, 6.07) is 5.36. The van der Waals surface area contributed by atoms with Gasteiger partial charge in [0, 0.05) is 16.7 Å². The molecular weight excluding hydrogens is 392 g/mol. The fourth-order valence-electron chi connectivity index (χ4n) is 1.72. The van der Waals surface area contributed by atoms with Gasteiger partial charge in [-0.05, 0) is 51.5 Å². The third-order valence-electron chi connectivity index (χ3n) is 2.80. The molecule has 0 saturated carbocycles. The van der Waals surface area contributed by atoms with Gasteiger partial charge in [0.2, 0.25) is 0 Å². The molecule has 138 valence electrons. The van der Waals surface area contributed by atoms with E-state index in [9.17, 15) is 14.4 Å². The van der Waals surface area contributed by atoms with Crippen LogP contribution in [0, 0.1) is 6.92 Å². The number of amides is 2. The van der Waals surface area contributed by atoms with Crippen LogP contribution >= 0.6 is 15.9 Å². The van der Waals surface area contributed by atoms with Crippen LogP contribution in [-0.2, 0) is 19.1 Å². The second-order valence-electron chi connectivity index (χ2n) is 6.35. The Hall–Kier alpha value is -2.09. The van der Waals surface area contributed by atoms with Crippen molar-refractivity contribution in [2.75, 3.05) is 18.5 Å². The number of carbonyl (C=O) groups is 3. The summed E-state index contributed by atoms with van der Waals surface area (Å²) in [6.07, 6.45) is -0.659. The van der Waals surface area contributed by atoms with Crippen LogP contribution in [0.5, 0.6) is 0 Å². The van der Waals surface area contributed by atoms with Crippen molar-refractivity contribution in [3.63, 3.8) is 0 Å². The second kappa shape index (κ2) is 9.41. The van der Waals surface area contributed by atoms with Crippen LogP contribution in [0.1, 0.15) is 32.8 Å². The van der Waals surface area contributed by atoms with Gasteiger partial charge >= 0.3 is 12.1 Å². The minimum Gasteiger partial charge on any atom is -0.456 e. The highest BCUT2D eigenvalue weighted by atomic mass is 79.9. The Morgan fingerprint density at radius 2 is 1.88 bits per heavy atom. The van der Waals surface area contributed by atoms with E-state index in [2.05, 4.69) is 26.6 Å². The number of anilines is 1. The largest absolute Gasteiger partial charge is 0.456 e. The van der Waals surface area contributed by atoms with E-state index in [0.29, 0.717) is 5.69 Å². The SMILES string of the molecule is Cc1cc(NC(=O)COC(=O)CCNC(=O)OC(C)(C)C)ccc1Br. The van der Waals surface area contributed by atoms with Gasteiger partial charge in [-0.2, -0.15) is 0 Å². The van der Waals surface area contributed by atoms with Gasteiger partial charge in [-0.3, -0.25) is 9.59 Å². The molecule has 0 atom stereocenters. The Kier molecular flexibility index (Phi) is 7.89. The summed E-state index contributed by atoms with van der Waals surface area (Å²) in [5, 5.41) is 5.08. The molecule has 0 unspecified atom stereocenters. The Balaban J connectivity index is 2.26. The highest BCUT2D eigenvalue weighted by molar-refractivity contribution is 9.10. The van der Waals surface area contributed by atoms with E-state index < -0.39 is 23.6 Å². The normalized spacial score (nSPS) is 10.8. The third-order valence-corrected chi connectivity index (χ3v) is 3.69. The summed E-state index contributed by atoms with van der Waals surface area (Å²) in [4.78, 5) is 34.7. The van der Waals surface area contributed by atoms with E-state index in [0.717, 1.165) is 10.0 Å². The maximum absolute atomic E-state index is 11.8. The number of benzene rings is 1. The number of hydrogen-bond acceptors (Lipinski definition) is 5. The van der Waals surface area contributed by atoms with Crippen LogP contribution < -0.4 is 10.6 Å². The highest BCUT2D eigenvalue weighted by Gasteiger charge is 2.16. The molecule has 8 heteroatoms. The molecule has 0 spiro atoms. The lowest BCUT2D eigenvalue weighted by atomic mass is 10.2. The quantitative estimate of drug-likeness (QED) is 0.697. The molecule has 25 heavy (non-hydrogen) atoms. The minimum atomic E-state index is -0.608. The van der Waals surface area contributed by atoms with Gasteiger partial charge in [0.05, 0.1) is 6.42 Å². The smallest absolute Gasteiger partial charge is 0.407 e. The monoisotopic (exact) mass is 414 g/mol. The fraction of sp³-hybridized carbons (Fsp3) is 0.471. The molecule has 1 aromatic rings. The first-order chi connectivity index (χ1) is 11.6. The standard InChI is InChI=1S/C17H23BrN2O5/c1-11-9-12(5-6-13(11)18)20-14(21)10-24-15(22)7-8-19-16(23)25-17(2,3)4/h5-6,9H,7-8,10H2,1-4H3,(H,19,23)(H,20,21). The third kappa shape index (κ3) is 9.09. The molecule has 1 aromatic carbocycles. The predicted octanol–water partition coefficient (Wildman–Crippen LogP) is 3.15. The average molecular weight is 415 g/mol. The zero-order chi connectivity index (χ0) is 19.0. The first-order valence-electron chi connectivity index (χ1n) is 7.75. The molecule has 0 heterocycles. The van der Waals surface area contributed by atoms with Crippen LogP contribution in [0.25, 0.3) is 0 Å². The van der Waals surface area contributed by atoms with E-state index in [4.69, 9.17) is 9.47 Å². The van der Waals surface area contributed by atoms with E-state index in [1.54, 1.807) is 32.9 Å². The summed E-state index contributed by atoms with van der Waals surface area (Å²) < 4.78 is 10.8. The molecular formula is C17H23BrN2O5. The average Bonchev–Trinajstić information content (AvgIpc) is 2.47. The Labute approximate surface area is 155 Å². The van der Waals surface area contributed by atoms with E-state index >= 15 is 0 Å². The fourth-order valence-corrected chi connectivity index (χ4v) is 1.97. The van der Waals surface area contributed by atoms with Crippen LogP contribution in [0.3, 0.4) is 0 Å². The van der Waals surface area contributed by atoms with Crippen molar-refractivity contribution < 1.29 is 23.9 Å². The van der Waals surface area contributed by atoms with Gasteiger partial charge < -0.3 is 20.1 Å². The number of carbonyl (C=O) groups excluding carboxylic acids is 3. The van der Waals surface area contributed by atoms with Crippen molar-refractivity contribution in [3.8, 4) is 0 Å². The molecule has 7 nitrogen and oxygen atoms in total. The number of nitrogens with one attached hydrogen (secondary N) is 2. The van der Waals surface area contributed by atoms with Gasteiger partial charge in [0.15, 0.2) is 6.61 Å². The van der Waals surface area contributed by atoms with Gasteiger partial charge in [0.25, 0.3) is 5.91 Å². The lowest BCUT2D eigenvalue weighted by molar-refractivity contribution is -0.147. The Morgan fingerprint density at radius 3 is 2.48 bits per heavy atom. The summed E-state index contributed by atoms with van der Waals surface area (Å²) in [5.41, 5.74) is 0.991. The number of halogens is 1. The van der Waals surface area contributed by atoms with Gasteiger partial charge in [-0.25, -0.2) is 4.79 Å². The molecule has 0 aliphatic carbocycles. The first kappa shape index (κ1) is 21.0. The first-order valence-corrected chi connectivity index (χ1v) is 8.54. The lowest BCUT2D eigenvalue weighted by Crippen LogP contribution is -2.34. The summed E-state index contributed by atoms with van der Waals surface area (Å²) in [6.45, 7) is 6.81. The molecule has 2 N–H and O–H groups in total. The number of hydrogen-bond donors (Lipinski definition) is 2. The Morgan fingerprint density at radius 1 is 1.20 bits per heavy atom. The number of aryl methyl sites for hydroxylation is 1. The summed E-state index contributed by atoms with van der Waals surface area (Å²) in [7, 11) is 0. The number of rotatable bonds is 6. The molecule has 0 radical (unpaired) electrons. The lowest BCUT2D eigenvalue weighted by Gasteiger charge is -2.19. The van der Waals surface area contributed by atoms with Crippen molar-refractivity contribution in [2.45, 2.75) is 39.7 Å². The number of ether oxygens (including phenoxy) is 2. The van der Waals surface area contributed by atoms with E-state index in [1.165, 1.54) is 0 Å². The number of esters is 1. The minimum absolute atomic E-state index is 0.0517. The molecule has 1 rings (SSSR count). The van der Waals surface area contributed by atoms with Crippen LogP contribution in [-0.4, -0.2) is 36.7 Å². The molecule has 0 aliphatic heterocycles. The Bertz CT molecular complexity index is 640. The zero-order valence-electron chi connectivity index (χ0n) is 14.8. The summed E-state index contributed by atoms with van der Waals surface area (Å²) in [5.74, 6) is -1.02. The molecule has 2 amide bonds. The molecule has 0 aromatic heterocycles. The van der Waals surface area contributed by atoms with E-state index in [1.807, 2.05) is 13.0 Å². The van der Waals surface area contributed by atoms with Crippen molar-refractivity contribution in [2.24, 2.45) is 0 Å². The van der Waals surface area contributed by atoms with Crippen LogP contribution in [0.2, 0.25) is 0 Å². The van der Waals surface area contributed by atoms with Crippen molar-refractivity contribution in [1.29, 1.82) is 0 Å². The second-order valence-corrected chi connectivity index (χ2v) is 7.21. The van der Waals surface area contributed by atoms with Crippen LogP contribution in [0.15, 0.2) is 22.7 Å². The van der Waals surface area contributed by atoms with E-state index in [-0.39, 0.29) is 19.6 Å². The molecule has 0 fully saturated rings. The molecule has 0 saturated heterocycles. The zero-order valence-corrected chi connectivity index (χ0v) is 16.4. The summed E-state index contributed by atoms with van der Waals surface area (Å²) >= 11 is 3.37. The van der Waals surface area contributed by atoms with Gasteiger partial charge in [0.1, 0.15) is 5.60 Å². The predicted molar refractivity (Wildman–Crippen MR) is 97.3 cm³/mol. The maximum Gasteiger partial charge on any atom is 0.407 e. The van der Waals surface area contributed by atoms with Crippen molar-refractivity contribution in [3.05, 3.63) is 28.2 Å².